The molecule has 9 nitrogen and oxygen atoms in total. The highest BCUT2D eigenvalue weighted by Crippen LogP contribution is 2.45. The van der Waals surface area contributed by atoms with E-state index in [9.17, 15) is 8.42 Å². The molecule has 0 atom stereocenters. The fourth-order valence-corrected chi connectivity index (χ4v) is 8.02. The van der Waals surface area contributed by atoms with Crippen LogP contribution in [0.5, 0.6) is 0 Å². The number of piperidine rings is 1. The number of anilines is 2. The summed E-state index contributed by atoms with van der Waals surface area (Å²) in [6, 6.07) is 2.21. The lowest BCUT2D eigenvalue weighted by atomic mass is 9.79. The number of pyridine rings is 1. The molecule has 1 aliphatic carbocycles. The molecule has 2 aromatic rings. The van der Waals surface area contributed by atoms with E-state index in [2.05, 4.69) is 27.1 Å². The summed E-state index contributed by atoms with van der Waals surface area (Å²) >= 11 is 0. The van der Waals surface area contributed by atoms with E-state index >= 15 is 0 Å². The minimum atomic E-state index is -3.19. The van der Waals surface area contributed by atoms with Gasteiger partial charge < -0.3 is 15.1 Å². The van der Waals surface area contributed by atoms with Gasteiger partial charge in [0.15, 0.2) is 5.82 Å². The van der Waals surface area contributed by atoms with Crippen molar-refractivity contribution in [1.82, 2.24) is 24.2 Å². The largest absolute Gasteiger partial charge is 0.354 e. The van der Waals surface area contributed by atoms with Crippen molar-refractivity contribution in [1.29, 1.82) is 0 Å². The lowest BCUT2D eigenvalue weighted by Gasteiger charge is -2.46. The van der Waals surface area contributed by atoms with Crippen LogP contribution in [0.15, 0.2) is 12.3 Å². The van der Waals surface area contributed by atoms with Crippen LogP contribution in [0.25, 0.3) is 10.9 Å². The van der Waals surface area contributed by atoms with E-state index in [0.29, 0.717) is 24.5 Å². The Bertz CT molecular complexity index is 1220. The molecule has 34 heavy (non-hydrogen) atoms. The lowest BCUT2D eigenvalue weighted by Crippen LogP contribution is -2.55. The topological polar surface area (TPSA) is 94.6 Å². The Labute approximate surface area is 202 Å². The molecule has 184 valence electrons. The molecule has 0 bridgehead atoms. The van der Waals surface area contributed by atoms with Gasteiger partial charge in [0.25, 0.3) is 0 Å². The highest BCUT2D eigenvalue weighted by Gasteiger charge is 2.53. The number of aryl methyl sites for hydroxylation is 1. The van der Waals surface area contributed by atoms with Crippen molar-refractivity contribution in [2.45, 2.75) is 56.7 Å². The highest BCUT2D eigenvalue weighted by molar-refractivity contribution is 7.90. The summed E-state index contributed by atoms with van der Waals surface area (Å²) in [6.45, 7) is 9.36. The zero-order valence-electron chi connectivity index (χ0n) is 20.4. The summed E-state index contributed by atoms with van der Waals surface area (Å²) in [5, 5.41) is 4.49. The number of hydrogen-bond acceptors (Lipinski definition) is 8. The Morgan fingerprint density at radius 2 is 1.79 bits per heavy atom. The smallest absolute Gasteiger partial charge is 0.223 e. The quantitative estimate of drug-likeness (QED) is 0.689. The van der Waals surface area contributed by atoms with Crippen molar-refractivity contribution < 1.29 is 8.42 Å². The fraction of sp³-hybridized carbons (Fsp3) is 0.708. The van der Waals surface area contributed by atoms with E-state index in [0.717, 1.165) is 74.3 Å². The molecule has 1 saturated carbocycles. The number of aromatic nitrogens is 3. The van der Waals surface area contributed by atoms with E-state index < -0.39 is 14.8 Å². The van der Waals surface area contributed by atoms with Crippen LogP contribution in [0.2, 0.25) is 0 Å². The molecule has 6 rings (SSSR count). The van der Waals surface area contributed by atoms with Crippen LogP contribution in [-0.4, -0.2) is 89.7 Å². The zero-order valence-corrected chi connectivity index (χ0v) is 21.2. The highest BCUT2D eigenvalue weighted by atomic mass is 32.2. The third-order valence-corrected chi connectivity index (χ3v) is 11.0. The maximum Gasteiger partial charge on any atom is 0.223 e. The fourth-order valence-electron chi connectivity index (χ4n) is 6.08. The number of nitrogens with zero attached hydrogens (tertiary/aromatic N) is 6. The Balaban J connectivity index is 1.18. The summed E-state index contributed by atoms with van der Waals surface area (Å²) in [5.74, 6) is 1.57. The molecule has 10 heteroatoms. The molecule has 3 saturated heterocycles. The Morgan fingerprint density at radius 3 is 2.47 bits per heavy atom. The van der Waals surface area contributed by atoms with Crippen molar-refractivity contribution in [3.8, 4) is 0 Å². The van der Waals surface area contributed by atoms with Gasteiger partial charge in [-0.05, 0) is 59.1 Å². The molecule has 0 aromatic carbocycles. The number of hydrogen-bond donors (Lipinski definition) is 1. The van der Waals surface area contributed by atoms with Gasteiger partial charge in [-0.15, -0.1) is 0 Å². The minimum Gasteiger partial charge on any atom is -0.354 e. The first-order valence-electron chi connectivity index (χ1n) is 12.5. The Kier molecular flexibility index (Phi) is 5.10. The number of rotatable bonds is 5. The number of fused-ring (bicyclic) bond motifs is 1. The zero-order chi connectivity index (χ0) is 23.7. The van der Waals surface area contributed by atoms with E-state index in [1.165, 1.54) is 6.42 Å². The van der Waals surface area contributed by atoms with Crippen molar-refractivity contribution in [2.75, 3.05) is 56.5 Å². The van der Waals surface area contributed by atoms with Crippen LogP contribution in [0, 0.1) is 12.3 Å². The van der Waals surface area contributed by atoms with Gasteiger partial charge in [-0.1, -0.05) is 0 Å². The molecule has 0 radical (unpaired) electrons. The second-order valence-electron chi connectivity index (χ2n) is 11.3. The number of nitrogens with one attached hydrogen (secondary N) is 1. The van der Waals surface area contributed by atoms with Crippen molar-refractivity contribution in [3.63, 3.8) is 0 Å². The molecule has 4 fully saturated rings. The molecular formula is C24H35N7O2S. The molecule has 1 spiro atoms. The van der Waals surface area contributed by atoms with Gasteiger partial charge in [0.05, 0.1) is 4.75 Å². The van der Waals surface area contributed by atoms with Gasteiger partial charge in [0.1, 0.15) is 5.52 Å². The van der Waals surface area contributed by atoms with Gasteiger partial charge in [0, 0.05) is 68.0 Å². The van der Waals surface area contributed by atoms with Crippen LogP contribution >= 0.6 is 0 Å². The second-order valence-corrected chi connectivity index (χ2v) is 13.8. The maximum atomic E-state index is 12.8. The van der Waals surface area contributed by atoms with Crippen molar-refractivity contribution in [3.05, 3.63) is 18.0 Å². The summed E-state index contributed by atoms with van der Waals surface area (Å²) < 4.78 is 26.8. The minimum absolute atomic E-state index is 0.165. The standard InChI is InChI=1S/C24H35N7O2S/c1-17-12-18-13-25-22(27-19-4-9-31(10-5-19)34(32,33)23(2)6-7-23)28-20(18)21(26-17)30-11-8-24(16-30)14-29(3)15-24/h12-13,19H,4-11,14-16H2,1-3H3,(H,25,27,28). The van der Waals surface area contributed by atoms with Gasteiger partial charge >= 0.3 is 0 Å². The summed E-state index contributed by atoms with van der Waals surface area (Å²) in [7, 11) is -1.000. The first kappa shape index (κ1) is 22.4. The van der Waals surface area contributed by atoms with Gasteiger partial charge in [-0.2, -0.15) is 0 Å². The molecule has 3 aliphatic heterocycles. The van der Waals surface area contributed by atoms with E-state index in [4.69, 9.17) is 9.97 Å². The Morgan fingerprint density at radius 1 is 1.06 bits per heavy atom. The first-order chi connectivity index (χ1) is 16.2. The van der Waals surface area contributed by atoms with Crippen LogP contribution in [-0.2, 0) is 10.0 Å². The van der Waals surface area contributed by atoms with Crippen LogP contribution in [0.1, 0.15) is 44.7 Å². The van der Waals surface area contributed by atoms with Crippen molar-refractivity contribution in [2.24, 2.45) is 5.41 Å². The van der Waals surface area contributed by atoms with E-state index in [1.54, 1.807) is 4.31 Å². The SMILES string of the molecule is Cc1cc2cnc(NC3CCN(S(=O)(=O)C4(C)CC4)CC3)nc2c(N2CCC3(CN(C)C3)C2)n1. The Hall–Kier alpha value is -2.04. The summed E-state index contributed by atoms with van der Waals surface area (Å²) in [4.78, 5) is 19.2. The molecule has 0 amide bonds. The molecule has 5 heterocycles. The lowest BCUT2D eigenvalue weighted by molar-refractivity contribution is 0.0424. The normalized spacial score (nSPS) is 25.1. The molecule has 2 aromatic heterocycles. The number of sulfonamides is 1. The molecule has 4 aliphatic rings. The van der Waals surface area contributed by atoms with E-state index in [1.807, 2.05) is 26.1 Å². The van der Waals surface area contributed by atoms with Crippen LogP contribution in [0.3, 0.4) is 0 Å². The summed E-state index contributed by atoms with van der Waals surface area (Å²) in [5.41, 5.74) is 2.28. The van der Waals surface area contributed by atoms with Crippen LogP contribution in [0.4, 0.5) is 11.8 Å². The average Bonchev–Trinajstić information content (AvgIpc) is 3.40. The first-order valence-corrected chi connectivity index (χ1v) is 13.9. The van der Waals surface area contributed by atoms with Crippen molar-refractivity contribution >= 4 is 32.7 Å². The number of likely N-dealkylation sites (tertiary alicyclic amines) is 1. The van der Waals surface area contributed by atoms with Gasteiger partial charge in [0.2, 0.25) is 16.0 Å². The third kappa shape index (κ3) is 3.74. The van der Waals surface area contributed by atoms with Gasteiger partial charge in [-0.3, -0.25) is 0 Å². The summed E-state index contributed by atoms with van der Waals surface area (Å²) in [6.07, 6.45) is 6.17. The molecule has 0 unspecified atom stereocenters. The predicted octanol–water partition coefficient (Wildman–Crippen LogP) is 2.23. The molecular weight excluding hydrogens is 450 g/mol. The van der Waals surface area contributed by atoms with Crippen LogP contribution < -0.4 is 10.2 Å². The monoisotopic (exact) mass is 485 g/mol. The third-order valence-electron chi connectivity index (χ3n) is 8.33. The maximum absolute atomic E-state index is 12.8. The average molecular weight is 486 g/mol. The second kappa shape index (κ2) is 7.73. The molecule has 1 N–H and O–H groups in total. The predicted molar refractivity (Wildman–Crippen MR) is 134 cm³/mol. The van der Waals surface area contributed by atoms with E-state index in [-0.39, 0.29) is 6.04 Å². The van der Waals surface area contributed by atoms with Gasteiger partial charge in [-0.25, -0.2) is 27.7 Å².